The van der Waals surface area contributed by atoms with Gasteiger partial charge in [-0.05, 0) is 24.1 Å². The summed E-state index contributed by atoms with van der Waals surface area (Å²) in [6.07, 6.45) is 0.763. The predicted octanol–water partition coefficient (Wildman–Crippen LogP) is 0.785. The first-order valence-electron chi connectivity index (χ1n) is 6.70. The molecule has 0 unspecified atom stereocenters. The Bertz CT molecular complexity index is 601. The van der Waals surface area contributed by atoms with Crippen LogP contribution in [0.4, 0.5) is 0 Å². The van der Waals surface area contributed by atoms with E-state index in [0.29, 0.717) is 22.0 Å². The largest absolute Gasteiger partial charge is 0.368 e. The van der Waals surface area contributed by atoms with Crippen LogP contribution in [0, 0.1) is 0 Å². The Balaban J connectivity index is 2.09. The van der Waals surface area contributed by atoms with Crippen LogP contribution in [0.2, 0.25) is 10.0 Å². The summed E-state index contributed by atoms with van der Waals surface area (Å²) in [7, 11) is 0. The molecule has 0 saturated carbocycles. The molecular weight excluding hydrogens is 329 g/mol. The maximum Gasteiger partial charge on any atom is 0.243 e. The van der Waals surface area contributed by atoms with E-state index in [1.54, 1.807) is 18.2 Å². The number of nitrogens with two attached hydrogens (primary N) is 1. The Morgan fingerprint density at radius 3 is 2.50 bits per heavy atom. The number of hydrogen-bond donors (Lipinski definition) is 3. The van der Waals surface area contributed by atoms with E-state index >= 15 is 0 Å². The Kier molecular flexibility index (Phi) is 5.26. The summed E-state index contributed by atoms with van der Waals surface area (Å²) in [4.78, 5) is 34.8. The average Bonchev–Trinajstić information content (AvgIpc) is 2.88. The number of nitrogens with one attached hydrogen (secondary N) is 2. The fourth-order valence-electron chi connectivity index (χ4n) is 2.24. The molecule has 0 radical (unpaired) electrons. The fraction of sp³-hybridized carbons (Fsp3) is 0.357. The lowest BCUT2D eigenvalue weighted by Gasteiger charge is -2.19. The van der Waals surface area contributed by atoms with Crippen molar-refractivity contribution in [3.63, 3.8) is 0 Å². The molecule has 118 valence electrons. The van der Waals surface area contributed by atoms with Crippen LogP contribution in [-0.4, -0.2) is 29.8 Å². The van der Waals surface area contributed by atoms with Crippen molar-refractivity contribution in [1.82, 2.24) is 10.6 Å². The second kappa shape index (κ2) is 6.98. The molecule has 22 heavy (non-hydrogen) atoms. The van der Waals surface area contributed by atoms with Crippen molar-refractivity contribution in [3.05, 3.63) is 33.8 Å². The van der Waals surface area contributed by atoms with Crippen LogP contribution in [0.25, 0.3) is 0 Å². The second-order valence-corrected chi connectivity index (χ2v) is 5.84. The van der Waals surface area contributed by atoms with Gasteiger partial charge in [-0.1, -0.05) is 29.3 Å². The van der Waals surface area contributed by atoms with Crippen molar-refractivity contribution < 1.29 is 14.4 Å². The maximum absolute atomic E-state index is 12.1. The van der Waals surface area contributed by atoms with Crippen molar-refractivity contribution in [2.24, 2.45) is 5.73 Å². The minimum atomic E-state index is -0.956. The number of carbonyl (C=O) groups excluding carboxylic acids is 3. The second-order valence-electron chi connectivity index (χ2n) is 5.03. The molecular formula is C14H15Cl2N3O3. The maximum atomic E-state index is 12.1. The first kappa shape index (κ1) is 16.6. The van der Waals surface area contributed by atoms with E-state index in [1.807, 2.05) is 0 Å². The van der Waals surface area contributed by atoms with Crippen LogP contribution in [-0.2, 0) is 20.8 Å². The van der Waals surface area contributed by atoms with Crippen molar-refractivity contribution in [3.8, 4) is 0 Å². The van der Waals surface area contributed by atoms with Crippen LogP contribution in [0.1, 0.15) is 18.4 Å². The molecule has 1 aliphatic heterocycles. The lowest BCUT2D eigenvalue weighted by atomic mass is 10.0. The van der Waals surface area contributed by atoms with E-state index in [9.17, 15) is 14.4 Å². The van der Waals surface area contributed by atoms with Crippen molar-refractivity contribution >= 4 is 40.9 Å². The zero-order chi connectivity index (χ0) is 16.3. The number of halogens is 2. The molecule has 1 aromatic carbocycles. The van der Waals surface area contributed by atoms with E-state index in [0.717, 1.165) is 0 Å². The van der Waals surface area contributed by atoms with Gasteiger partial charge in [0.2, 0.25) is 17.7 Å². The number of benzene rings is 1. The summed E-state index contributed by atoms with van der Waals surface area (Å²) in [6.45, 7) is 0. The van der Waals surface area contributed by atoms with Crippen LogP contribution < -0.4 is 16.4 Å². The van der Waals surface area contributed by atoms with E-state index < -0.39 is 23.9 Å². The highest BCUT2D eigenvalue weighted by atomic mass is 35.5. The Labute approximate surface area is 137 Å². The molecule has 6 nitrogen and oxygen atoms in total. The van der Waals surface area contributed by atoms with Crippen molar-refractivity contribution in [2.45, 2.75) is 31.3 Å². The fourth-order valence-corrected chi connectivity index (χ4v) is 2.79. The Hall–Kier alpha value is -1.79. The summed E-state index contributed by atoms with van der Waals surface area (Å²) in [6, 6.07) is 3.36. The molecule has 1 aromatic rings. The molecule has 0 spiro atoms. The summed E-state index contributed by atoms with van der Waals surface area (Å²) >= 11 is 12.1. The van der Waals surface area contributed by atoms with Gasteiger partial charge >= 0.3 is 0 Å². The quantitative estimate of drug-likeness (QED) is 0.736. The number of carbonyl (C=O) groups is 3. The van der Waals surface area contributed by atoms with E-state index in [2.05, 4.69) is 10.6 Å². The number of primary amides is 1. The Morgan fingerprint density at radius 1 is 1.36 bits per heavy atom. The van der Waals surface area contributed by atoms with Gasteiger partial charge in [0.05, 0.1) is 0 Å². The highest BCUT2D eigenvalue weighted by Crippen LogP contribution is 2.25. The highest BCUT2D eigenvalue weighted by molar-refractivity contribution is 6.36. The highest BCUT2D eigenvalue weighted by Gasteiger charge is 2.30. The molecule has 0 bridgehead atoms. The smallest absolute Gasteiger partial charge is 0.243 e. The van der Waals surface area contributed by atoms with Gasteiger partial charge in [0.1, 0.15) is 12.1 Å². The monoisotopic (exact) mass is 343 g/mol. The third-order valence-corrected chi connectivity index (χ3v) is 4.15. The van der Waals surface area contributed by atoms with Crippen LogP contribution in [0.3, 0.4) is 0 Å². The lowest BCUT2D eigenvalue weighted by molar-refractivity contribution is -0.129. The normalized spacial score (nSPS) is 18.6. The number of amides is 3. The summed E-state index contributed by atoms with van der Waals surface area (Å²) < 4.78 is 0. The standard InChI is InChI=1S/C14H15Cl2N3O3/c15-8-2-1-3-9(16)7(8)6-11(13(17)21)19-14(22)10-4-5-12(20)18-10/h1-3,10-11H,4-6H2,(H2,17,21)(H,18,20)(H,19,22)/t10-,11+/m1/s1. The summed E-state index contributed by atoms with van der Waals surface area (Å²) in [5.41, 5.74) is 5.86. The van der Waals surface area contributed by atoms with Gasteiger partial charge in [0.25, 0.3) is 0 Å². The van der Waals surface area contributed by atoms with Gasteiger partial charge in [-0.3, -0.25) is 14.4 Å². The third kappa shape index (κ3) is 3.90. The van der Waals surface area contributed by atoms with E-state index in [-0.39, 0.29) is 18.7 Å². The van der Waals surface area contributed by atoms with Gasteiger partial charge in [0, 0.05) is 22.9 Å². The summed E-state index contributed by atoms with van der Waals surface area (Å²) in [5, 5.41) is 5.85. The van der Waals surface area contributed by atoms with Crippen LogP contribution in [0.5, 0.6) is 0 Å². The van der Waals surface area contributed by atoms with Gasteiger partial charge in [-0.2, -0.15) is 0 Å². The summed E-state index contributed by atoms with van der Waals surface area (Å²) in [5.74, 6) is -1.34. The molecule has 0 aromatic heterocycles. The molecule has 1 heterocycles. The molecule has 1 fully saturated rings. The lowest BCUT2D eigenvalue weighted by Crippen LogP contribution is -2.51. The molecule has 1 aliphatic rings. The van der Waals surface area contributed by atoms with Gasteiger partial charge in [0.15, 0.2) is 0 Å². The molecule has 3 amide bonds. The number of hydrogen-bond acceptors (Lipinski definition) is 3. The zero-order valence-electron chi connectivity index (χ0n) is 11.6. The minimum Gasteiger partial charge on any atom is -0.368 e. The minimum absolute atomic E-state index is 0.0836. The Morgan fingerprint density at radius 2 is 2.00 bits per heavy atom. The molecule has 8 heteroatoms. The first-order valence-corrected chi connectivity index (χ1v) is 7.46. The molecule has 1 saturated heterocycles. The molecule has 4 N–H and O–H groups in total. The predicted molar refractivity (Wildman–Crippen MR) is 82.5 cm³/mol. The van der Waals surface area contributed by atoms with Crippen LogP contribution >= 0.6 is 23.2 Å². The van der Waals surface area contributed by atoms with Crippen molar-refractivity contribution in [1.29, 1.82) is 0 Å². The molecule has 0 aliphatic carbocycles. The molecule has 2 atom stereocenters. The third-order valence-electron chi connectivity index (χ3n) is 3.44. The molecule has 2 rings (SSSR count). The number of rotatable bonds is 5. The van der Waals surface area contributed by atoms with E-state index in [4.69, 9.17) is 28.9 Å². The first-order chi connectivity index (χ1) is 10.4. The zero-order valence-corrected chi connectivity index (χ0v) is 13.1. The topological polar surface area (TPSA) is 101 Å². The van der Waals surface area contributed by atoms with Gasteiger partial charge in [-0.25, -0.2) is 0 Å². The van der Waals surface area contributed by atoms with Gasteiger partial charge in [-0.15, -0.1) is 0 Å². The SMILES string of the molecule is NC(=O)[C@H](Cc1c(Cl)cccc1Cl)NC(=O)[C@H]1CCC(=O)N1. The van der Waals surface area contributed by atoms with Crippen LogP contribution in [0.15, 0.2) is 18.2 Å². The van der Waals surface area contributed by atoms with E-state index in [1.165, 1.54) is 0 Å². The van der Waals surface area contributed by atoms with Gasteiger partial charge < -0.3 is 16.4 Å². The average molecular weight is 344 g/mol. The van der Waals surface area contributed by atoms with Crippen molar-refractivity contribution in [2.75, 3.05) is 0 Å².